The van der Waals surface area contributed by atoms with E-state index >= 15 is 0 Å². The molecule has 1 atom stereocenters. The number of hydrogen-bond donors (Lipinski definition) is 0. The Morgan fingerprint density at radius 3 is 2.00 bits per heavy atom. The quantitative estimate of drug-likeness (QED) is 0.380. The van der Waals surface area contributed by atoms with Gasteiger partial charge in [-0.3, -0.25) is 14.7 Å². The lowest BCUT2D eigenvalue weighted by Gasteiger charge is -2.17. The zero-order chi connectivity index (χ0) is 10.5. The van der Waals surface area contributed by atoms with Gasteiger partial charge in [-0.15, -0.1) is 0 Å². The van der Waals surface area contributed by atoms with Gasteiger partial charge in [0.2, 0.25) is 0 Å². The Balaban J connectivity index is 4.57. The van der Waals surface area contributed by atoms with E-state index < -0.39 is 18.3 Å². The SMILES string of the molecule is CCOP(=O)(OCC)C(C)[N+](=O)[O-]. The predicted octanol–water partition coefficient (Wildman–Crippen LogP) is 1.88. The first-order valence-corrected chi connectivity index (χ1v) is 5.61. The second kappa shape index (κ2) is 5.32. The highest BCUT2D eigenvalue weighted by Crippen LogP contribution is 2.52. The third-order valence-corrected chi connectivity index (χ3v) is 3.72. The molecule has 0 fully saturated rings. The molecule has 0 aliphatic heterocycles. The third kappa shape index (κ3) is 3.42. The number of hydrogen-bond acceptors (Lipinski definition) is 5. The highest BCUT2D eigenvalue weighted by Gasteiger charge is 2.41. The zero-order valence-corrected chi connectivity index (χ0v) is 8.82. The van der Waals surface area contributed by atoms with Crippen molar-refractivity contribution in [3.63, 3.8) is 0 Å². The summed E-state index contributed by atoms with van der Waals surface area (Å²) in [5, 5.41) is 10.4. The highest BCUT2D eigenvalue weighted by molar-refractivity contribution is 7.54. The fourth-order valence-corrected chi connectivity index (χ4v) is 2.19. The second-order valence-corrected chi connectivity index (χ2v) is 4.64. The van der Waals surface area contributed by atoms with Crippen molar-refractivity contribution >= 4 is 7.60 Å². The molecule has 6 nitrogen and oxygen atoms in total. The molecule has 0 saturated carbocycles. The molecule has 0 aromatic carbocycles. The second-order valence-electron chi connectivity index (χ2n) is 2.29. The van der Waals surface area contributed by atoms with Crippen LogP contribution in [0.4, 0.5) is 0 Å². The van der Waals surface area contributed by atoms with Crippen molar-refractivity contribution in [3.8, 4) is 0 Å². The molecule has 0 rings (SSSR count). The molecule has 0 bridgehead atoms. The molecule has 7 heteroatoms. The molecule has 0 aromatic rings. The Hall–Kier alpha value is -0.450. The highest BCUT2D eigenvalue weighted by atomic mass is 31.2. The van der Waals surface area contributed by atoms with E-state index in [4.69, 9.17) is 9.05 Å². The average Bonchev–Trinajstić information content (AvgIpc) is 2.03. The van der Waals surface area contributed by atoms with Crippen LogP contribution in [0.3, 0.4) is 0 Å². The van der Waals surface area contributed by atoms with Gasteiger partial charge in [0, 0.05) is 11.8 Å². The van der Waals surface area contributed by atoms with E-state index in [-0.39, 0.29) is 13.2 Å². The molecule has 0 spiro atoms. The first-order chi connectivity index (χ1) is 5.98. The summed E-state index contributed by atoms with van der Waals surface area (Å²) in [6.07, 6.45) is 0. The maximum Gasteiger partial charge on any atom is 0.403 e. The van der Waals surface area contributed by atoms with E-state index in [0.717, 1.165) is 0 Å². The minimum atomic E-state index is -3.57. The maximum absolute atomic E-state index is 11.7. The number of nitro groups is 1. The maximum atomic E-state index is 11.7. The van der Waals surface area contributed by atoms with Gasteiger partial charge < -0.3 is 9.05 Å². The zero-order valence-electron chi connectivity index (χ0n) is 7.93. The first-order valence-electron chi connectivity index (χ1n) is 4.00. The van der Waals surface area contributed by atoms with Crippen molar-refractivity contribution < 1.29 is 18.5 Å². The number of rotatable bonds is 6. The lowest BCUT2D eigenvalue weighted by atomic mass is 10.8. The van der Waals surface area contributed by atoms with Crippen LogP contribution in [-0.2, 0) is 13.6 Å². The van der Waals surface area contributed by atoms with Crippen molar-refractivity contribution in [1.82, 2.24) is 0 Å². The summed E-state index contributed by atoms with van der Waals surface area (Å²) in [5.74, 6) is -1.31. The summed E-state index contributed by atoms with van der Waals surface area (Å²) in [6.45, 7) is 4.70. The first kappa shape index (κ1) is 12.6. The van der Waals surface area contributed by atoms with Gasteiger partial charge in [-0.1, -0.05) is 0 Å². The monoisotopic (exact) mass is 211 g/mol. The summed E-state index contributed by atoms with van der Waals surface area (Å²) in [5.41, 5.74) is 0. The summed E-state index contributed by atoms with van der Waals surface area (Å²) in [4.78, 5) is 9.71. The molecule has 0 N–H and O–H groups in total. The number of nitrogens with zero attached hydrogens (tertiary/aromatic N) is 1. The van der Waals surface area contributed by atoms with E-state index in [1.54, 1.807) is 13.8 Å². The Labute approximate surface area is 76.9 Å². The average molecular weight is 211 g/mol. The van der Waals surface area contributed by atoms with E-state index in [9.17, 15) is 14.7 Å². The Kier molecular flexibility index (Phi) is 5.13. The fourth-order valence-electron chi connectivity index (χ4n) is 0.728. The van der Waals surface area contributed by atoms with E-state index in [0.29, 0.717) is 0 Å². The van der Waals surface area contributed by atoms with Crippen LogP contribution in [-0.4, -0.2) is 23.9 Å². The van der Waals surface area contributed by atoms with E-state index in [1.165, 1.54) is 6.92 Å². The molecular weight excluding hydrogens is 197 g/mol. The Morgan fingerprint density at radius 2 is 1.77 bits per heavy atom. The molecule has 13 heavy (non-hydrogen) atoms. The van der Waals surface area contributed by atoms with Crippen molar-refractivity contribution in [2.75, 3.05) is 13.2 Å². The summed E-state index contributed by atoms with van der Waals surface area (Å²) in [6, 6.07) is 0. The smallest absolute Gasteiger partial charge is 0.304 e. The lowest BCUT2D eigenvalue weighted by molar-refractivity contribution is -0.497. The molecule has 78 valence electrons. The van der Waals surface area contributed by atoms with E-state index in [2.05, 4.69) is 0 Å². The van der Waals surface area contributed by atoms with Gasteiger partial charge >= 0.3 is 13.4 Å². The standard InChI is InChI=1S/C6H14NO5P/c1-4-11-13(10,12-5-2)6(3)7(8)9/h6H,4-5H2,1-3H3. The van der Waals surface area contributed by atoms with Crippen molar-refractivity contribution in [2.45, 2.75) is 26.6 Å². The lowest BCUT2D eigenvalue weighted by Crippen LogP contribution is -2.18. The van der Waals surface area contributed by atoms with Gasteiger partial charge in [-0.05, 0) is 13.8 Å². The molecule has 0 aliphatic carbocycles. The molecule has 0 aliphatic rings. The van der Waals surface area contributed by atoms with Gasteiger partial charge in [0.25, 0.3) is 0 Å². The molecule has 0 radical (unpaired) electrons. The molecule has 1 unspecified atom stereocenters. The third-order valence-electron chi connectivity index (χ3n) is 1.38. The van der Waals surface area contributed by atoms with Crippen molar-refractivity contribution in [1.29, 1.82) is 0 Å². The minimum absolute atomic E-state index is 0.134. The van der Waals surface area contributed by atoms with Crippen LogP contribution in [0.15, 0.2) is 0 Å². The van der Waals surface area contributed by atoms with Crippen LogP contribution in [0.5, 0.6) is 0 Å². The van der Waals surface area contributed by atoms with E-state index in [1.807, 2.05) is 0 Å². The normalized spacial score (nSPS) is 14.1. The van der Waals surface area contributed by atoms with Crippen LogP contribution in [0.2, 0.25) is 0 Å². The van der Waals surface area contributed by atoms with Gasteiger partial charge in [0.05, 0.1) is 13.2 Å². The van der Waals surface area contributed by atoms with Crippen LogP contribution >= 0.6 is 7.60 Å². The Morgan fingerprint density at radius 1 is 1.38 bits per heavy atom. The van der Waals surface area contributed by atoms with Crippen molar-refractivity contribution in [3.05, 3.63) is 10.1 Å². The van der Waals surface area contributed by atoms with Gasteiger partial charge in [0.15, 0.2) is 0 Å². The van der Waals surface area contributed by atoms with Crippen LogP contribution < -0.4 is 0 Å². The molecule has 0 aromatic heterocycles. The van der Waals surface area contributed by atoms with Gasteiger partial charge in [0.1, 0.15) is 0 Å². The summed E-state index contributed by atoms with van der Waals surface area (Å²) < 4.78 is 21.2. The summed E-state index contributed by atoms with van der Waals surface area (Å²) in [7, 11) is -3.57. The molecule has 0 amide bonds. The largest absolute Gasteiger partial charge is 0.403 e. The molecule has 0 heterocycles. The van der Waals surface area contributed by atoms with Crippen LogP contribution in [0, 0.1) is 10.1 Å². The van der Waals surface area contributed by atoms with Gasteiger partial charge in [-0.25, -0.2) is 0 Å². The Bertz CT molecular complexity index is 209. The molecular formula is C6H14NO5P. The van der Waals surface area contributed by atoms with Crippen LogP contribution in [0.25, 0.3) is 0 Å². The predicted molar refractivity (Wildman–Crippen MR) is 47.3 cm³/mol. The summed E-state index contributed by atoms with van der Waals surface area (Å²) >= 11 is 0. The minimum Gasteiger partial charge on any atom is -0.304 e. The fraction of sp³-hybridized carbons (Fsp3) is 1.00. The topological polar surface area (TPSA) is 78.7 Å². The van der Waals surface area contributed by atoms with Crippen molar-refractivity contribution in [2.24, 2.45) is 0 Å². The molecule has 0 saturated heterocycles. The van der Waals surface area contributed by atoms with Gasteiger partial charge in [-0.2, -0.15) is 0 Å². The van der Waals surface area contributed by atoms with Crippen LogP contribution in [0.1, 0.15) is 20.8 Å².